The van der Waals surface area contributed by atoms with Crippen LogP contribution in [0.3, 0.4) is 0 Å². The molecule has 1 heteroatoms. The zero-order chi connectivity index (χ0) is 8.39. The van der Waals surface area contributed by atoms with Gasteiger partial charge in [0.1, 0.15) is 0 Å². The predicted molar refractivity (Wildman–Crippen MR) is 56.1 cm³/mol. The topological polar surface area (TPSA) is 0 Å². The van der Waals surface area contributed by atoms with Crippen molar-refractivity contribution in [3.63, 3.8) is 0 Å². The van der Waals surface area contributed by atoms with Crippen molar-refractivity contribution in [2.75, 3.05) is 0 Å². The molecule has 0 nitrogen and oxygen atoms in total. The van der Waals surface area contributed by atoms with E-state index in [1.54, 1.807) is 0 Å². The van der Waals surface area contributed by atoms with E-state index >= 15 is 0 Å². The van der Waals surface area contributed by atoms with Crippen LogP contribution in [0.25, 0.3) is 4.91 Å². The number of thioether (sulfide) groups is 1. The van der Waals surface area contributed by atoms with E-state index < -0.39 is 0 Å². The molecule has 0 spiro atoms. The van der Waals surface area contributed by atoms with Crippen LogP contribution in [0.2, 0.25) is 0 Å². The van der Waals surface area contributed by atoms with Gasteiger partial charge in [0, 0.05) is 10.2 Å². The first-order valence-corrected chi connectivity index (χ1v) is 5.16. The fourth-order valence-corrected chi connectivity index (χ4v) is 2.46. The molecule has 0 aromatic heterocycles. The Bertz CT molecular complexity index is 287. The largest absolute Gasteiger partial charge is 0.122 e. The van der Waals surface area contributed by atoms with E-state index in [0.29, 0.717) is 0 Å². The van der Waals surface area contributed by atoms with Crippen LogP contribution < -0.4 is 0 Å². The Morgan fingerprint density at radius 2 is 2.00 bits per heavy atom. The van der Waals surface area contributed by atoms with Gasteiger partial charge in [-0.1, -0.05) is 43.3 Å². The molecular weight excluding hydrogens is 164 g/mol. The summed E-state index contributed by atoms with van der Waals surface area (Å²) in [6.07, 6.45) is 3.56. The van der Waals surface area contributed by atoms with Crippen LogP contribution in [0.1, 0.15) is 18.9 Å². The average molecular weight is 176 g/mol. The van der Waals surface area contributed by atoms with Crippen LogP contribution in [-0.4, -0.2) is 5.25 Å². The Kier molecular flexibility index (Phi) is 2.22. The minimum absolute atomic E-state index is 0.764. The van der Waals surface area contributed by atoms with Crippen molar-refractivity contribution in [1.82, 2.24) is 0 Å². The third-order valence-corrected chi connectivity index (χ3v) is 3.27. The van der Waals surface area contributed by atoms with Crippen LogP contribution >= 0.6 is 11.8 Å². The lowest BCUT2D eigenvalue weighted by atomic mass is 10.2. The number of hydrogen-bond donors (Lipinski definition) is 0. The average Bonchev–Trinajstić information content (AvgIpc) is 2.54. The van der Waals surface area contributed by atoms with E-state index in [0.717, 1.165) is 5.25 Å². The molecule has 0 bridgehead atoms. The number of rotatable bonds is 1. The van der Waals surface area contributed by atoms with Crippen molar-refractivity contribution >= 4 is 16.7 Å². The normalized spacial score (nSPS) is 22.4. The summed E-state index contributed by atoms with van der Waals surface area (Å²) in [5.74, 6) is 0. The molecule has 2 rings (SSSR count). The molecule has 1 atom stereocenters. The van der Waals surface area contributed by atoms with Crippen molar-refractivity contribution in [2.45, 2.75) is 18.6 Å². The van der Waals surface area contributed by atoms with Crippen molar-refractivity contribution in [3.8, 4) is 0 Å². The molecule has 0 aliphatic carbocycles. The third kappa shape index (κ3) is 1.56. The minimum Gasteiger partial charge on any atom is -0.122 e. The standard InChI is InChI=1S/C11H12S/c1-9-7-8-11(12-9)10-5-3-2-4-6-10/h2-6,8-9H,7H2,1H3. The molecule has 1 heterocycles. The Morgan fingerprint density at radius 3 is 2.58 bits per heavy atom. The molecule has 1 aliphatic rings. The first kappa shape index (κ1) is 7.93. The highest BCUT2D eigenvalue weighted by Crippen LogP contribution is 2.38. The highest BCUT2D eigenvalue weighted by atomic mass is 32.2. The van der Waals surface area contributed by atoms with E-state index in [1.807, 2.05) is 11.8 Å². The second-order valence-corrected chi connectivity index (χ2v) is 4.58. The van der Waals surface area contributed by atoms with Crippen LogP contribution in [0.4, 0.5) is 0 Å². The molecule has 0 N–H and O–H groups in total. The molecule has 12 heavy (non-hydrogen) atoms. The minimum atomic E-state index is 0.764. The van der Waals surface area contributed by atoms with E-state index in [1.165, 1.54) is 16.9 Å². The summed E-state index contributed by atoms with van der Waals surface area (Å²) in [5.41, 5.74) is 1.37. The van der Waals surface area contributed by atoms with Crippen LogP contribution in [-0.2, 0) is 0 Å². The van der Waals surface area contributed by atoms with Crippen molar-refractivity contribution < 1.29 is 0 Å². The third-order valence-electron chi connectivity index (χ3n) is 2.02. The molecule has 1 aromatic rings. The molecule has 0 saturated carbocycles. The summed E-state index contributed by atoms with van der Waals surface area (Å²) in [5, 5.41) is 0.764. The lowest BCUT2D eigenvalue weighted by molar-refractivity contribution is 1.00. The molecule has 62 valence electrons. The number of benzene rings is 1. The predicted octanol–water partition coefficient (Wildman–Crippen LogP) is 3.55. The summed E-state index contributed by atoms with van der Waals surface area (Å²) in [4.78, 5) is 1.45. The maximum Gasteiger partial charge on any atom is 0.0108 e. The lowest BCUT2D eigenvalue weighted by Crippen LogP contribution is -1.84. The van der Waals surface area contributed by atoms with Crippen LogP contribution in [0.5, 0.6) is 0 Å². The van der Waals surface area contributed by atoms with E-state index in [-0.39, 0.29) is 0 Å². The monoisotopic (exact) mass is 176 g/mol. The van der Waals surface area contributed by atoms with Gasteiger partial charge in [-0.25, -0.2) is 0 Å². The molecule has 0 fully saturated rings. The van der Waals surface area contributed by atoms with Gasteiger partial charge in [-0.2, -0.15) is 0 Å². The lowest BCUT2D eigenvalue weighted by Gasteiger charge is -2.02. The number of hydrogen-bond acceptors (Lipinski definition) is 1. The summed E-state index contributed by atoms with van der Waals surface area (Å²) in [7, 11) is 0. The Hall–Kier alpha value is -0.690. The maximum absolute atomic E-state index is 2.34. The zero-order valence-electron chi connectivity index (χ0n) is 7.16. The van der Waals surface area contributed by atoms with Gasteiger partial charge in [-0.05, 0) is 12.0 Å². The smallest absolute Gasteiger partial charge is 0.0108 e. The van der Waals surface area contributed by atoms with Crippen molar-refractivity contribution in [1.29, 1.82) is 0 Å². The van der Waals surface area contributed by atoms with Crippen LogP contribution in [0, 0.1) is 0 Å². The van der Waals surface area contributed by atoms with Gasteiger partial charge in [0.2, 0.25) is 0 Å². The molecule has 1 aliphatic heterocycles. The van der Waals surface area contributed by atoms with Gasteiger partial charge in [0.15, 0.2) is 0 Å². The molecule has 0 radical (unpaired) electrons. The van der Waals surface area contributed by atoms with E-state index in [2.05, 4.69) is 43.3 Å². The Balaban J connectivity index is 2.22. The van der Waals surface area contributed by atoms with Gasteiger partial charge >= 0.3 is 0 Å². The zero-order valence-corrected chi connectivity index (χ0v) is 7.97. The van der Waals surface area contributed by atoms with Crippen LogP contribution in [0.15, 0.2) is 36.4 Å². The summed E-state index contributed by atoms with van der Waals surface area (Å²) >= 11 is 1.98. The first-order chi connectivity index (χ1) is 5.86. The molecule has 0 amide bonds. The Labute approximate surface area is 77.7 Å². The summed E-state index contributed by atoms with van der Waals surface area (Å²) < 4.78 is 0. The number of allylic oxidation sites excluding steroid dienone is 1. The highest BCUT2D eigenvalue weighted by molar-refractivity contribution is 8.09. The second-order valence-electron chi connectivity index (χ2n) is 3.10. The van der Waals surface area contributed by atoms with Gasteiger partial charge in [0.25, 0.3) is 0 Å². The quantitative estimate of drug-likeness (QED) is 0.630. The van der Waals surface area contributed by atoms with Crippen molar-refractivity contribution in [3.05, 3.63) is 42.0 Å². The molecule has 0 saturated heterocycles. The summed E-state index contributed by atoms with van der Waals surface area (Å²) in [6, 6.07) is 10.6. The highest BCUT2D eigenvalue weighted by Gasteiger charge is 2.13. The molecular formula is C11H12S. The van der Waals surface area contributed by atoms with E-state index in [9.17, 15) is 0 Å². The van der Waals surface area contributed by atoms with Gasteiger partial charge < -0.3 is 0 Å². The summed E-state index contributed by atoms with van der Waals surface area (Å²) in [6.45, 7) is 2.27. The molecule has 1 unspecified atom stereocenters. The van der Waals surface area contributed by atoms with Crippen molar-refractivity contribution in [2.24, 2.45) is 0 Å². The second kappa shape index (κ2) is 3.36. The van der Waals surface area contributed by atoms with Gasteiger partial charge in [-0.3, -0.25) is 0 Å². The maximum atomic E-state index is 2.34. The molecule has 1 aromatic carbocycles. The van der Waals surface area contributed by atoms with E-state index in [4.69, 9.17) is 0 Å². The van der Waals surface area contributed by atoms with Gasteiger partial charge in [-0.15, -0.1) is 11.8 Å². The first-order valence-electron chi connectivity index (χ1n) is 4.28. The fraction of sp³-hybridized carbons (Fsp3) is 0.273. The Morgan fingerprint density at radius 1 is 1.25 bits per heavy atom. The van der Waals surface area contributed by atoms with Gasteiger partial charge in [0.05, 0.1) is 0 Å². The SMILES string of the molecule is CC1CC=C(c2ccccc2)S1. The fourth-order valence-electron chi connectivity index (χ4n) is 1.37.